The van der Waals surface area contributed by atoms with Crippen LogP contribution in [0.3, 0.4) is 0 Å². The predicted molar refractivity (Wildman–Crippen MR) is 25.3 cm³/mol. The van der Waals surface area contributed by atoms with Gasteiger partial charge in [0.2, 0.25) is 0 Å². The summed E-state index contributed by atoms with van der Waals surface area (Å²) in [6.45, 7) is 2.74. The van der Waals surface area contributed by atoms with Gasteiger partial charge in [-0.15, -0.1) is 0 Å². The Morgan fingerprint density at radius 1 is 1.86 bits per heavy atom. The summed E-state index contributed by atoms with van der Waals surface area (Å²) in [5.74, 6) is 0. The molecule has 0 aliphatic carbocycles. The number of nitrogens with one attached hydrogen (secondary N) is 1. The van der Waals surface area contributed by atoms with E-state index >= 15 is 0 Å². The minimum atomic E-state index is 0.264. The van der Waals surface area contributed by atoms with E-state index in [1.54, 1.807) is 0 Å². The molecule has 3 heteroatoms. The van der Waals surface area contributed by atoms with Crippen LogP contribution in [0.25, 0.3) is 0 Å². The first-order valence-electron chi connectivity index (χ1n) is 2.09. The molecule has 0 aromatic heterocycles. The maximum absolute atomic E-state index is 9.36. The van der Waals surface area contributed by atoms with Crippen molar-refractivity contribution < 1.29 is 9.53 Å². The van der Waals surface area contributed by atoms with Gasteiger partial charge >= 0.3 is 6.41 Å². The van der Waals surface area contributed by atoms with E-state index in [-0.39, 0.29) is 6.73 Å². The van der Waals surface area contributed by atoms with Crippen LogP contribution in [0.2, 0.25) is 0 Å². The molecule has 0 rings (SSSR count). The van der Waals surface area contributed by atoms with Gasteiger partial charge in [0, 0.05) is 6.61 Å². The Hall–Kier alpha value is -0.570. The summed E-state index contributed by atoms with van der Waals surface area (Å²) in [5, 5.41) is 2.22. The Bertz CT molecular complexity index is 47.0. The van der Waals surface area contributed by atoms with Crippen LogP contribution in [0.4, 0.5) is 0 Å². The van der Waals surface area contributed by atoms with Crippen LogP contribution in [0.1, 0.15) is 6.92 Å². The van der Waals surface area contributed by atoms with E-state index in [2.05, 4.69) is 5.32 Å². The normalized spacial score (nSPS) is 8.14. The van der Waals surface area contributed by atoms with E-state index in [0.717, 1.165) is 0 Å². The fraction of sp³-hybridized carbons (Fsp3) is 0.750. The fourth-order valence-electron chi connectivity index (χ4n) is 0.183. The molecule has 3 nitrogen and oxygen atoms in total. The van der Waals surface area contributed by atoms with Crippen molar-refractivity contribution in [3.05, 3.63) is 0 Å². The van der Waals surface area contributed by atoms with Gasteiger partial charge in [0.1, 0.15) is 6.73 Å². The van der Waals surface area contributed by atoms with Gasteiger partial charge in [0.15, 0.2) is 0 Å². The lowest BCUT2D eigenvalue weighted by Gasteiger charge is -1.93. The number of ether oxygens (including phenoxy) is 1. The highest BCUT2D eigenvalue weighted by Gasteiger charge is 1.75. The van der Waals surface area contributed by atoms with Crippen molar-refractivity contribution in [2.75, 3.05) is 13.3 Å². The molecule has 0 heterocycles. The minimum Gasteiger partial charge on any atom is -0.362 e. The van der Waals surface area contributed by atoms with Crippen LogP contribution in [0.15, 0.2) is 0 Å². The topological polar surface area (TPSA) is 38.3 Å². The fourth-order valence-corrected chi connectivity index (χ4v) is 0.183. The molecule has 0 saturated heterocycles. The molecule has 1 radical (unpaired) electrons. The lowest BCUT2D eigenvalue weighted by molar-refractivity contribution is 0.141. The molecular weight excluding hydrogens is 94.0 g/mol. The number of carbonyl (C=O) groups excluding carboxylic acids is 1. The van der Waals surface area contributed by atoms with Crippen molar-refractivity contribution in [1.82, 2.24) is 5.32 Å². The molecule has 0 aliphatic rings. The first kappa shape index (κ1) is 6.43. The number of rotatable bonds is 4. The second-order valence-electron chi connectivity index (χ2n) is 0.916. The monoisotopic (exact) mass is 102 g/mol. The summed E-state index contributed by atoms with van der Waals surface area (Å²) in [6, 6.07) is 0. The highest BCUT2D eigenvalue weighted by Crippen LogP contribution is 1.62. The molecule has 0 fully saturated rings. The maximum Gasteiger partial charge on any atom is 0.311 e. The third kappa shape index (κ3) is 5.43. The van der Waals surface area contributed by atoms with Crippen molar-refractivity contribution in [2.45, 2.75) is 6.92 Å². The zero-order chi connectivity index (χ0) is 5.54. The molecule has 0 aromatic carbocycles. The average Bonchev–Trinajstić information content (AvgIpc) is 1.69. The minimum absolute atomic E-state index is 0.264. The summed E-state index contributed by atoms with van der Waals surface area (Å²) < 4.78 is 4.70. The number of hydrogen-bond acceptors (Lipinski definition) is 2. The molecule has 41 valence electrons. The zero-order valence-electron chi connectivity index (χ0n) is 4.23. The van der Waals surface area contributed by atoms with Gasteiger partial charge in [-0.2, -0.15) is 0 Å². The Labute approximate surface area is 42.7 Å². The molecule has 0 bridgehead atoms. The van der Waals surface area contributed by atoms with Gasteiger partial charge in [-0.1, -0.05) is 0 Å². The predicted octanol–water partition coefficient (Wildman–Crippen LogP) is -0.363. The van der Waals surface area contributed by atoms with Crippen molar-refractivity contribution in [1.29, 1.82) is 0 Å². The van der Waals surface area contributed by atoms with E-state index in [9.17, 15) is 4.79 Å². The second-order valence-corrected chi connectivity index (χ2v) is 0.916. The lowest BCUT2D eigenvalue weighted by Crippen LogP contribution is -2.14. The standard InChI is InChI=1S/C4H8NO2/c1-2-7-4-5-3-6/h2,4H2,1H3,(H,5,6). The van der Waals surface area contributed by atoms with Gasteiger partial charge in [-0.3, -0.25) is 4.79 Å². The van der Waals surface area contributed by atoms with Crippen molar-refractivity contribution >= 4 is 6.41 Å². The van der Waals surface area contributed by atoms with Crippen LogP contribution in [-0.4, -0.2) is 19.7 Å². The third-order valence-electron chi connectivity index (χ3n) is 0.451. The summed E-state index contributed by atoms with van der Waals surface area (Å²) in [4.78, 5) is 9.36. The maximum atomic E-state index is 9.36. The van der Waals surface area contributed by atoms with E-state index in [1.807, 2.05) is 6.92 Å². The van der Waals surface area contributed by atoms with Crippen LogP contribution in [0.5, 0.6) is 0 Å². The van der Waals surface area contributed by atoms with Crippen molar-refractivity contribution in [2.24, 2.45) is 0 Å². The van der Waals surface area contributed by atoms with E-state index in [0.29, 0.717) is 6.61 Å². The molecule has 0 saturated carbocycles. The van der Waals surface area contributed by atoms with Crippen molar-refractivity contribution in [3.8, 4) is 0 Å². The molecule has 0 aliphatic heterocycles. The molecule has 1 N–H and O–H groups in total. The quantitative estimate of drug-likeness (QED) is 0.299. The van der Waals surface area contributed by atoms with Crippen LogP contribution < -0.4 is 5.32 Å². The van der Waals surface area contributed by atoms with Gasteiger partial charge in [-0.05, 0) is 6.92 Å². The molecular formula is C4H8NO2. The molecule has 0 aromatic rings. The molecule has 0 unspecified atom stereocenters. The van der Waals surface area contributed by atoms with Crippen LogP contribution in [0, 0.1) is 0 Å². The summed E-state index contributed by atoms with van der Waals surface area (Å²) in [5.41, 5.74) is 0. The number of hydrogen-bond donors (Lipinski definition) is 1. The first-order chi connectivity index (χ1) is 3.41. The Balaban J connectivity index is 2.56. The highest BCUT2D eigenvalue weighted by atomic mass is 16.5. The van der Waals surface area contributed by atoms with E-state index < -0.39 is 0 Å². The average molecular weight is 102 g/mol. The molecule has 7 heavy (non-hydrogen) atoms. The van der Waals surface area contributed by atoms with Gasteiger partial charge in [0.25, 0.3) is 0 Å². The summed E-state index contributed by atoms with van der Waals surface area (Å²) >= 11 is 0. The van der Waals surface area contributed by atoms with Crippen LogP contribution in [-0.2, 0) is 9.53 Å². The van der Waals surface area contributed by atoms with Crippen LogP contribution >= 0.6 is 0 Å². The largest absolute Gasteiger partial charge is 0.362 e. The SMILES string of the molecule is CCOCN[C]=O. The smallest absolute Gasteiger partial charge is 0.311 e. The zero-order valence-corrected chi connectivity index (χ0v) is 4.23. The Morgan fingerprint density at radius 2 is 2.57 bits per heavy atom. The Kier molecular flexibility index (Phi) is 4.99. The summed E-state index contributed by atoms with van der Waals surface area (Å²) in [7, 11) is 0. The lowest BCUT2D eigenvalue weighted by atomic mass is 10.9. The highest BCUT2D eigenvalue weighted by molar-refractivity contribution is 5.46. The number of amides is 1. The first-order valence-corrected chi connectivity index (χ1v) is 2.09. The van der Waals surface area contributed by atoms with E-state index in [4.69, 9.17) is 4.74 Å². The summed E-state index contributed by atoms with van der Waals surface area (Å²) in [6.07, 6.45) is 1.48. The van der Waals surface area contributed by atoms with Gasteiger partial charge in [0.05, 0.1) is 0 Å². The second kappa shape index (κ2) is 5.43. The van der Waals surface area contributed by atoms with Gasteiger partial charge in [-0.25, -0.2) is 0 Å². The Morgan fingerprint density at radius 3 is 3.00 bits per heavy atom. The molecule has 1 amide bonds. The third-order valence-corrected chi connectivity index (χ3v) is 0.451. The molecule has 0 atom stereocenters. The molecule has 0 spiro atoms. The van der Waals surface area contributed by atoms with Crippen molar-refractivity contribution in [3.63, 3.8) is 0 Å². The van der Waals surface area contributed by atoms with E-state index in [1.165, 1.54) is 6.41 Å². The van der Waals surface area contributed by atoms with Gasteiger partial charge < -0.3 is 10.1 Å².